The number of nitrogens with one attached hydrogen (secondary N) is 1. The molecule has 0 saturated heterocycles. The molecule has 6 aromatic rings. The highest BCUT2D eigenvalue weighted by molar-refractivity contribution is 7.16. The van der Waals surface area contributed by atoms with Gasteiger partial charge >= 0.3 is 0 Å². The zero-order valence-electron chi connectivity index (χ0n) is 21.2. The molecule has 12 heteroatoms. The lowest BCUT2D eigenvalue weighted by atomic mass is 10.0. The Morgan fingerprint density at radius 3 is 2.59 bits per heavy atom. The van der Waals surface area contributed by atoms with E-state index < -0.39 is 0 Å². The normalized spacial score (nSPS) is 11.0. The molecule has 0 atom stereocenters. The molecule has 0 aliphatic carbocycles. The van der Waals surface area contributed by atoms with Gasteiger partial charge in [-0.2, -0.15) is 21.1 Å². The maximum atomic E-state index is 13.4. The van der Waals surface area contributed by atoms with Crippen LogP contribution in [0.1, 0.15) is 24.9 Å². The maximum absolute atomic E-state index is 13.4. The summed E-state index contributed by atoms with van der Waals surface area (Å²) in [5, 5.41) is 13.4. The third-order valence-corrected chi connectivity index (χ3v) is 9.02. The molecule has 0 aliphatic rings. The molecule has 8 nitrogen and oxygen atoms in total. The Morgan fingerprint density at radius 1 is 0.976 bits per heavy atom. The van der Waals surface area contributed by atoms with Gasteiger partial charge in [0.1, 0.15) is 5.82 Å². The van der Waals surface area contributed by atoms with Crippen molar-refractivity contribution in [2.45, 2.75) is 13.1 Å². The molecule has 6 rings (SSSR count). The SMILES string of the molecule is O=C(Cn1cc(-c2ccccn2)c(-c2cc(NCc3ccc(Cl)s3)n(C(=O)c3ccsc3)n2)cc1=O)c1cccs1. The topological polar surface area (TPSA) is 98.9 Å². The number of pyridine rings is 2. The molecule has 0 aliphatic heterocycles. The fraction of sp³-hybridized carbons (Fsp3) is 0.0690. The highest BCUT2D eigenvalue weighted by Gasteiger charge is 2.21. The molecule has 204 valence electrons. The summed E-state index contributed by atoms with van der Waals surface area (Å²) in [6.07, 6.45) is 3.29. The molecule has 0 spiro atoms. The van der Waals surface area contributed by atoms with E-state index in [1.165, 1.54) is 49.3 Å². The first kappa shape index (κ1) is 27.0. The van der Waals surface area contributed by atoms with Crippen LogP contribution in [0.4, 0.5) is 5.82 Å². The predicted octanol–water partition coefficient (Wildman–Crippen LogP) is 6.80. The Kier molecular flexibility index (Phi) is 7.75. The second kappa shape index (κ2) is 11.8. The summed E-state index contributed by atoms with van der Waals surface area (Å²) in [5.74, 6) is -0.00384. The first-order chi connectivity index (χ1) is 20.0. The van der Waals surface area contributed by atoms with E-state index in [1.807, 2.05) is 35.0 Å². The molecule has 0 bridgehead atoms. The van der Waals surface area contributed by atoms with Crippen molar-refractivity contribution in [2.75, 3.05) is 5.32 Å². The van der Waals surface area contributed by atoms with E-state index >= 15 is 0 Å². The Hall–Kier alpha value is -4.16. The van der Waals surface area contributed by atoms with Gasteiger partial charge in [-0.15, -0.1) is 22.7 Å². The predicted molar refractivity (Wildman–Crippen MR) is 165 cm³/mol. The van der Waals surface area contributed by atoms with E-state index in [0.717, 1.165) is 4.88 Å². The number of ketones is 1. The van der Waals surface area contributed by atoms with Crippen molar-refractivity contribution in [1.82, 2.24) is 19.3 Å². The number of halogens is 1. The highest BCUT2D eigenvalue weighted by atomic mass is 35.5. The maximum Gasteiger partial charge on any atom is 0.280 e. The van der Waals surface area contributed by atoms with Crippen LogP contribution in [0.25, 0.3) is 22.5 Å². The second-order valence-electron chi connectivity index (χ2n) is 8.89. The standard InChI is InChI=1S/C29H20ClN5O3S3/c30-26-7-6-19(41-26)14-32-27-13-23(33-35(27)29(38)18-8-11-39-17-18)20-12-28(37)34(16-24(36)25-5-3-10-40-25)15-21(20)22-4-1-2-9-31-22/h1-13,15,17,32H,14,16H2. The molecule has 0 saturated carbocycles. The van der Waals surface area contributed by atoms with Gasteiger partial charge in [0.15, 0.2) is 5.78 Å². The van der Waals surface area contributed by atoms with E-state index in [9.17, 15) is 14.4 Å². The quantitative estimate of drug-likeness (QED) is 0.179. The molecule has 0 aromatic carbocycles. The Bertz CT molecular complexity index is 1890. The van der Waals surface area contributed by atoms with Crippen molar-refractivity contribution in [3.8, 4) is 22.5 Å². The van der Waals surface area contributed by atoms with Gasteiger partial charge in [0.2, 0.25) is 0 Å². The highest BCUT2D eigenvalue weighted by Crippen LogP contribution is 2.32. The number of hydrogen-bond donors (Lipinski definition) is 1. The van der Waals surface area contributed by atoms with Gasteiger partial charge < -0.3 is 9.88 Å². The first-order valence-corrected chi connectivity index (χ1v) is 15.4. The van der Waals surface area contributed by atoms with Crippen LogP contribution in [0.15, 0.2) is 94.0 Å². The fourth-order valence-electron chi connectivity index (χ4n) is 4.23. The number of carbonyl (C=O) groups excluding carboxylic acids is 2. The number of thiophene rings is 3. The van der Waals surface area contributed by atoms with Crippen molar-refractivity contribution in [1.29, 1.82) is 0 Å². The van der Waals surface area contributed by atoms with Gasteiger partial charge in [-0.05, 0) is 47.2 Å². The summed E-state index contributed by atoms with van der Waals surface area (Å²) >= 11 is 10.3. The molecule has 1 N–H and O–H groups in total. The lowest BCUT2D eigenvalue weighted by molar-refractivity contribution is 0.0946. The summed E-state index contributed by atoms with van der Waals surface area (Å²) in [6, 6.07) is 17.7. The van der Waals surface area contributed by atoms with Crippen LogP contribution in [0.2, 0.25) is 4.34 Å². The molecule has 0 unspecified atom stereocenters. The smallest absolute Gasteiger partial charge is 0.280 e. The van der Waals surface area contributed by atoms with Crippen LogP contribution in [0, 0.1) is 0 Å². The summed E-state index contributed by atoms with van der Waals surface area (Å²) in [7, 11) is 0. The van der Waals surface area contributed by atoms with Crippen molar-refractivity contribution in [2.24, 2.45) is 0 Å². The van der Waals surface area contributed by atoms with E-state index in [0.29, 0.717) is 49.7 Å². The molecule has 0 fully saturated rings. The Morgan fingerprint density at radius 2 is 1.88 bits per heavy atom. The van der Waals surface area contributed by atoms with Gasteiger partial charge in [0.25, 0.3) is 11.5 Å². The van der Waals surface area contributed by atoms with E-state index in [2.05, 4.69) is 15.4 Å². The van der Waals surface area contributed by atoms with E-state index in [4.69, 9.17) is 11.6 Å². The van der Waals surface area contributed by atoms with Gasteiger partial charge in [-0.3, -0.25) is 19.4 Å². The molecule has 6 heterocycles. The van der Waals surface area contributed by atoms with Crippen molar-refractivity contribution < 1.29 is 9.59 Å². The van der Waals surface area contributed by atoms with Crippen molar-refractivity contribution >= 4 is 63.1 Å². The van der Waals surface area contributed by atoms with Crippen molar-refractivity contribution in [3.05, 3.63) is 119 Å². The number of Topliss-reactive ketones (excluding diaryl/α,β-unsaturated/α-hetero) is 1. The van der Waals surface area contributed by atoms with Gasteiger partial charge in [-0.25, -0.2) is 0 Å². The number of aromatic nitrogens is 4. The second-order valence-corrected chi connectivity index (χ2v) is 12.4. The van der Waals surface area contributed by atoms with Crippen LogP contribution in [-0.4, -0.2) is 31.0 Å². The molecular formula is C29H20ClN5O3S3. The van der Waals surface area contributed by atoms with Gasteiger partial charge in [0, 0.05) is 45.9 Å². The number of nitrogens with zero attached hydrogens (tertiary/aromatic N) is 4. The molecule has 6 aromatic heterocycles. The van der Waals surface area contributed by atoms with Crippen LogP contribution < -0.4 is 10.9 Å². The van der Waals surface area contributed by atoms with Crippen LogP contribution >= 0.6 is 45.6 Å². The summed E-state index contributed by atoms with van der Waals surface area (Å²) in [4.78, 5) is 45.6. The number of carbonyl (C=O) groups is 2. The van der Waals surface area contributed by atoms with Crippen LogP contribution in [0.5, 0.6) is 0 Å². The lowest BCUT2D eigenvalue weighted by Gasteiger charge is -2.11. The zero-order valence-corrected chi connectivity index (χ0v) is 24.4. The minimum absolute atomic E-state index is 0.110. The zero-order chi connectivity index (χ0) is 28.3. The van der Waals surface area contributed by atoms with Gasteiger partial charge in [0.05, 0.1) is 39.3 Å². The summed E-state index contributed by atoms with van der Waals surface area (Å²) < 4.78 is 3.35. The minimum atomic E-state index is -0.369. The average molecular weight is 618 g/mol. The van der Waals surface area contributed by atoms with Crippen LogP contribution in [0.3, 0.4) is 0 Å². The largest absolute Gasteiger partial charge is 0.365 e. The molecular weight excluding hydrogens is 598 g/mol. The third kappa shape index (κ3) is 5.84. The number of hydrogen-bond acceptors (Lipinski definition) is 9. The lowest BCUT2D eigenvalue weighted by Crippen LogP contribution is -2.23. The Balaban J connectivity index is 1.44. The van der Waals surface area contributed by atoms with E-state index in [1.54, 1.807) is 48.1 Å². The van der Waals surface area contributed by atoms with Gasteiger partial charge in [-0.1, -0.05) is 23.7 Å². The summed E-state index contributed by atoms with van der Waals surface area (Å²) in [6.45, 7) is 0.319. The molecule has 0 amide bonds. The third-order valence-electron chi connectivity index (χ3n) is 6.20. The van der Waals surface area contributed by atoms with E-state index in [-0.39, 0.29) is 23.8 Å². The number of anilines is 1. The average Bonchev–Trinajstić information content (AvgIpc) is 3.80. The fourth-order valence-corrected chi connectivity index (χ4v) is 6.54. The molecule has 41 heavy (non-hydrogen) atoms. The minimum Gasteiger partial charge on any atom is -0.365 e. The van der Waals surface area contributed by atoms with Crippen LogP contribution in [-0.2, 0) is 13.1 Å². The monoisotopic (exact) mass is 617 g/mol. The van der Waals surface area contributed by atoms with Crippen molar-refractivity contribution in [3.63, 3.8) is 0 Å². The Labute approximate surface area is 251 Å². The first-order valence-electron chi connectivity index (χ1n) is 12.3. The number of rotatable bonds is 9. The molecule has 0 radical (unpaired) electrons. The summed E-state index contributed by atoms with van der Waals surface area (Å²) in [5.41, 5.74) is 2.24.